The number of esters is 1. The van der Waals surface area contributed by atoms with Crippen molar-refractivity contribution in [2.45, 2.75) is 49.5 Å². The van der Waals surface area contributed by atoms with Crippen molar-refractivity contribution >= 4 is 33.5 Å². The number of benzene rings is 1. The number of ether oxygens (including phenoxy) is 1. The molecule has 1 aromatic rings. The summed E-state index contributed by atoms with van der Waals surface area (Å²) in [6.07, 6.45) is 5.47. The molecule has 0 unspecified atom stereocenters. The fraction of sp³-hybridized carbons (Fsp3) is 0.556. The Balaban J connectivity index is 1.72. The average molecular weight is 415 g/mol. The fourth-order valence-corrected chi connectivity index (χ4v) is 4.98. The van der Waals surface area contributed by atoms with Gasteiger partial charge in [0, 0.05) is 19.1 Å². The van der Waals surface area contributed by atoms with Gasteiger partial charge in [-0.15, -0.1) is 0 Å². The van der Waals surface area contributed by atoms with Crippen molar-refractivity contribution in [1.29, 1.82) is 0 Å². The molecule has 7 nitrogen and oxygen atoms in total. The molecule has 1 N–H and O–H groups in total. The summed E-state index contributed by atoms with van der Waals surface area (Å²) in [5.74, 6) is -1.12. The lowest BCUT2D eigenvalue weighted by Gasteiger charge is -2.21. The number of rotatable bonds is 6. The van der Waals surface area contributed by atoms with Crippen molar-refractivity contribution in [3.05, 3.63) is 28.8 Å². The summed E-state index contributed by atoms with van der Waals surface area (Å²) in [5, 5.41) is 2.77. The zero-order valence-electron chi connectivity index (χ0n) is 14.9. The molecule has 0 radical (unpaired) electrons. The van der Waals surface area contributed by atoms with E-state index in [-0.39, 0.29) is 27.4 Å². The van der Waals surface area contributed by atoms with E-state index in [4.69, 9.17) is 16.3 Å². The second-order valence-corrected chi connectivity index (χ2v) is 9.19. The maximum Gasteiger partial charge on any atom is 0.338 e. The second-order valence-electron chi connectivity index (χ2n) is 6.88. The molecular formula is C18H23ClN2O5S. The summed E-state index contributed by atoms with van der Waals surface area (Å²) in [6, 6.07) is 4.17. The smallest absolute Gasteiger partial charge is 0.338 e. The minimum absolute atomic E-state index is 0.0482. The van der Waals surface area contributed by atoms with Gasteiger partial charge in [0.2, 0.25) is 10.0 Å². The first kappa shape index (κ1) is 20.1. The summed E-state index contributed by atoms with van der Waals surface area (Å²) in [6.45, 7) is 0.482. The lowest BCUT2D eigenvalue weighted by Crippen LogP contribution is -2.32. The van der Waals surface area contributed by atoms with E-state index in [2.05, 4.69) is 5.32 Å². The van der Waals surface area contributed by atoms with Gasteiger partial charge >= 0.3 is 5.97 Å². The summed E-state index contributed by atoms with van der Waals surface area (Å²) >= 11 is 6.12. The maximum absolute atomic E-state index is 13.0. The molecule has 9 heteroatoms. The highest BCUT2D eigenvalue weighted by atomic mass is 35.5. The van der Waals surface area contributed by atoms with E-state index in [1.54, 1.807) is 0 Å². The van der Waals surface area contributed by atoms with Crippen LogP contribution in [0.1, 0.15) is 48.9 Å². The van der Waals surface area contributed by atoms with Gasteiger partial charge in [0.15, 0.2) is 6.61 Å². The highest BCUT2D eigenvalue weighted by Crippen LogP contribution is 2.28. The molecule has 1 amide bonds. The molecule has 0 spiro atoms. The van der Waals surface area contributed by atoms with Crippen LogP contribution in [-0.2, 0) is 19.6 Å². The molecule has 27 heavy (non-hydrogen) atoms. The van der Waals surface area contributed by atoms with Crippen molar-refractivity contribution in [2.24, 2.45) is 0 Å². The highest BCUT2D eigenvalue weighted by Gasteiger charge is 2.29. The van der Waals surface area contributed by atoms with Crippen molar-refractivity contribution in [1.82, 2.24) is 9.62 Å². The summed E-state index contributed by atoms with van der Waals surface area (Å²) < 4.78 is 32.3. The molecule has 0 bridgehead atoms. The third kappa shape index (κ3) is 5.21. The number of nitrogens with zero attached hydrogens (tertiary/aromatic N) is 1. The van der Waals surface area contributed by atoms with Crippen LogP contribution in [0.4, 0.5) is 0 Å². The lowest BCUT2D eigenvalue weighted by atomic mass is 10.2. The normalized spacial score (nSPS) is 18.6. The van der Waals surface area contributed by atoms with Crippen LogP contribution in [0, 0.1) is 0 Å². The Hall–Kier alpha value is -1.64. The van der Waals surface area contributed by atoms with E-state index in [1.165, 1.54) is 22.5 Å². The van der Waals surface area contributed by atoms with E-state index in [0.29, 0.717) is 13.1 Å². The summed E-state index contributed by atoms with van der Waals surface area (Å²) in [5.41, 5.74) is 0.0482. The Kier molecular flexibility index (Phi) is 6.39. The van der Waals surface area contributed by atoms with Crippen LogP contribution in [0.5, 0.6) is 0 Å². The average Bonchev–Trinajstić information content (AvgIpc) is 3.46. The molecule has 0 atom stereocenters. The molecule has 1 aliphatic heterocycles. The maximum atomic E-state index is 13.0. The molecule has 2 aliphatic rings. The monoisotopic (exact) mass is 414 g/mol. The van der Waals surface area contributed by atoms with Gasteiger partial charge in [-0.05, 0) is 43.9 Å². The highest BCUT2D eigenvalue weighted by molar-refractivity contribution is 7.89. The molecule has 1 aromatic carbocycles. The Morgan fingerprint density at radius 3 is 2.44 bits per heavy atom. The number of carbonyl (C=O) groups is 2. The van der Waals surface area contributed by atoms with E-state index < -0.39 is 22.6 Å². The Labute approximate surface area is 164 Å². The van der Waals surface area contributed by atoms with Gasteiger partial charge in [-0.3, -0.25) is 4.79 Å². The predicted octanol–water partition coefficient (Wildman–Crippen LogP) is 2.34. The SMILES string of the molecule is O=C(COC(=O)c1ccc(Cl)c(S(=O)(=O)N2CCCCCC2)c1)NC1CC1. The molecule has 148 valence electrons. The quantitative estimate of drug-likeness (QED) is 0.721. The Morgan fingerprint density at radius 2 is 1.81 bits per heavy atom. The standard InChI is InChI=1S/C18H23ClN2O5S/c19-15-8-5-13(18(23)26-12-17(22)20-14-6-7-14)11-16(15)27(24,25)21-9-3-1-2-4-10-21/h5,8,11,14H,1-4,6-7,9-10,12H2,(H,20,22). The topological polar surface area (TPSA) is 92.8 Å². The van der Waals surface area contributed by atoms with E-state index >= 15 is 0 Å². The Morgan fingerprint density at radius 1 is 1.15 bits per heavy atom. The number of sulfonamides is 1. The van der Waals surface area contributed by atoms with Crippen molar-refractivity contribution in [2.75, 3.05) is 19.7 Å². The van der Waals surface area contributed by atoms with Crippen LogP contribution in [0.25, 0.3) is 0 Å². The largest absolute Gasteiger partial charge is 0.452 e. The van der Waals surface area contributed by atoms with Gasteiger partial charge < -0.3 is 10.1 Å². The van der Waals surface area contributed by atoms with Crippen LogP contribution in [0.15, 0.2) is 23.1 Å². The van der Waals surface area contributed by atoms with Crippen molar-refractivity contribution < 1.29 is 22.7 Å². The molecule has 1 saturated heterocycles. The minimum Gasteiger partial charge on any atom is -0.452 e. The van der Waals surface area contributed by atoms with Gasteiger partial charge in [0.25, 0.3) is 5.91 Å². The Bertz CT molecular complexity index is 815. The van der Waals surface area contributed by atoms with Gasteiger partial charge in [-0.25, -0.2) is 13.2 Å². The van der Waals surface area contributed by atoms with Crippen LogP contribution >= 0.6 is 11.6 Å². The van der Waals surface area contributed by atoms with Crippen LogP contribution in [-0.4, -0.2) is 50.3 Å². The first-order valence-electron chi connectivity index (χ1n) is 9.14. The second kappa shape index (κ2) is 8.58. The van der Waals surface area contributed by atoms with Crippen molar-refractivity contribution in [3.8, 4) is 0 Å². The van der Waals surface area contributed by atoms with Crippen LogP contribution < -0.4 is 5.32 Å². The molecule has 2 fully saturated rings. The number of amides is 1. The summed E-state index contributed by atoms with van der Waals surface area (Å²) in [4.78, 5) is 23.7. The third-order valence-corrected chi connectivity index (χ3v) is 7.01. The lowest BCUT2D eigenvalue weighted by molar-refractivity contribution is -0.124. The molecule has 1 saturated carbocycles. The van der Waals surface area contributed by atoms with Gasteiger partial charge in [0.1, 0.15) is 4.90 Å². The fourth-order valence-electron chi connectivity index (χ4n) is 2.96. The van der Waals surface area contributed by atoms with Crippen LogP contribution in [0.3, 0.4) is 0 Å². The first-order valence-corrected chi connectivity index (χ1v) is 11.0. The molecule has 1 aliphatic carbocycles. The van der Waals surface area contributed by atoms with E-state index in [0.717, 1.165) is 38.5 Å². The molecule has 3 rings (SSSR count). The van der Waals surface area contributed by atoms with Gasteiger partial charge in [0.05, 0.1) is 10.6 Å². The van der Waals surface area contributed by atoms with E-state index in [1.807, 2.05) is 0 Å². The van der Waals surface area contributed by atoms with Crippen LogP contribution in [0.2, 0.25) is 5.02 Å². The van der Waals surface area contributed by atoms with E-state index in [9.17, 15) is 18.0 Å². The number of halogens is 1. The predicted molar refractivity (Wildman–Crippen MR) is 100 cm³/mol. The number of hydrogen-bond acceptors (Lipinski definition) is 5. The molecule has 0 aromatic heterocycles. The zero-order valence-corrected chi connectivity index (χ0v) is 16.5. The number of nitrogens with one attached hydrogen (secondary N) is 1. The molecular weight excluding hydrogens is 392 g/mol. The van der Waals surface area contributed by atoms with Gasteiger partial charge in [-0.1, -0.05) is 24.4 Å². The summed E-state index contributed by atoms with van der Waals surface area (Å²) in [7, 11) is -3.80. The third-order valence-electron chi connectivity index (χ3n) is 4.63. The van der Waals surface area contributed by atoms with Crippen molar-refractivity contribution in [3.63, 3.8) is 0 Å². The first-order chi connectivity index (χ1) is 12.9. The molecule has 1 heterocycles. The number of carbonyl (C=O) groups excluding carboxylic acids is 2. The van der Waals surface area contributed by atoms with Gasteiger partial charge in [-0.2, -0.15) is 4.31 Å². The number of hydrogen-bond donors (Lipinski definition) is 1. The zero-order chi connectivity index (χ0) is 19.4. The minimum atomic E-state index is -3.80.